The monoisotopic (exact) mass is 335 g/mol. The summed E-state index contributed by atoms with van der Waals surface area (Å²) < 4.78 is 10.5. The molecule has 0 aliphatic carbocycles. The third-order valence-corrected chi connectivity index (χ3v) is 5.10. The van der Waals surface area contributed by atoms with Crippen molar-refractivity contribution in [3.63, 3.8) is 0 Å². The normalized spacial score (nSPS) is 26.8. The van der Waals surface area contributed by atoms with E-state index in [1.54, 1.807) is 12.1 Å². The first-order valence-electron chi connectivity index (χ1n) is 7.90. The van der Waals surface area contributed by atoms with Gasteiger partial charge in [0.15, 0.2) is 0 Å². The zero-order valence-corrected chi connectivity index (χ0v) is 13.5. The molecule has 2 atom stereocenters. The lowest BCUT2D eigenvalue weighted by atomic mass is 9.74. The van der Waals surface area contributed by atoms with Gasteiger partial charge in [-0.05, 0) is 24.1 Å². The molecule has 0 bridgehead atoms. The van der Waals surface area contributed by atoms with Crippen molar-refractivity contribution in [2.24, 2.45) is 11.3 Å². The Kier molecular flexibility index (Phi) is 4.47. The van der Waals surface area contributed by atoms with Gasteiger partial charge in [0.05, 0.1) is 19.1 Å². The SMILES string of the molecule is COc1ccc(CN2C[C@@H]3COCC[C@]3(C(=O)O)C2)cc1C(=O)O. The van der Waals surface area contributed by atoms with Crippen molar-refractivity contribution in [2.45, 2.75) is 13.0 Å². The number of hydrogen-bond acceptors (Lipinski definition) is 5. The van der Waals surface area contributed by atoms with E-state index in [0.717, 1.165) is 5.56 Å². The molecular formula is C17H21NO6. The average Bonchev–Trinajstić information content (AvgIpc) is 2.94. The molecule has 7 heteroatoms. The molecular weight excluding hydrogens is 314 g/mol. The fraction of sp³-hybridized carbons (Fsp3) is 0.529. The van der Waals surface area contributed by atoms with E-state index in [0.29, 0.717) is 45.0 Å². The van der Waals surface area contributed by atoms with Crippen LogP contribution in [-0.2, 0) is 16.1 Å². The van der Waals surface area contributed by atoms with Crippen molar-refractivity contribution < 1.29 is 29.3 Å². The summed E-state index contributed by atoms with van der Waals surface area (Å²) in [4.78, 5) is 25.2. The minimum absolute atomic E-state index is 0.0269. The van der Waals surface area contributed by atoms with E-state index in [-0.39, 0.29) is 11.5 Å². The number of benzene rings is 1. The van der Waals surface area contributed by atoms with Crippen LogP contribution in [0.15, 0.2) is 18.2 Å². The van der Waals surface area contributed by atoms with Crippen LogP contribution in [-0.4, -0.2) is 60.5 Å². The van der Waals surface area contributed by atoms with Gasteiger partial charge in [-0.25, -0.2) is 4.79 Å². The number of aromatic carboxylic acids is 1. The van der Waals surface area contributed by atoms with Gasteiger partial charge in [-0.3, -0.25) is 9.69 Å². The van der Waals surface area contributed by atoms with Crippen molar-refractivity contribution in [2.75, 3.05) is 33.4 Å². The topological polar surface area (TPSA) is 96.3 Å². The number of methoxy groups -OCH3 is 1. The van der Waals surface area contributed by atoms with E-state index in [4.69, 9.17) is 9.47 Å². The van der Waals surface area contributed by atoms with Crippen molar-refractivity contribution in [3.05, 3.63) is 29.3 Å². The molecule has 0 saturated carbocycles. The number of nitrogens with zero attached hydrogens (tertiary/aromatic N) is 1. The molecule has 2 aliphatic rings. The maximum Gasteiger partial charge on any atom is 0.339 e. The highest BCUT2D eigenvalue weighted by molar-refractivity contribution is 5.91. The van der Waals surface area contributed by atoms with E-state index in [9.17, 15) is 19.8 Å². The summed E-state index contributed by atoms with van der Waals surface area (Å²) in [6.07, 6.45) is 0.520. The van der Waals surface area contributed by atoms with Gasteiger partial charge in [-0.1, -0.05) is 6.07 Å². The first-order valence-corrected chi connectivity index (χ1v) is 7.90. The predicted octanol–water partition coefficient (Wildman–Crippen LogP) is 1.32. The second-order valence-corrected chi connectivity index (χ2v) is 6.49. The number of hydrogen-bond donors (Lipinski definition) is 2. The maximum absolute atomic E-state index is 11.8. The van der Waals surface area contributed by atoms with Crippen LogP contribution in [0.1, 0.15) is 22.3 Å². The Morgan fingerprint density at radius 2 is 2.21 bits per heavy atom. The fourth-order valence-electron chi connectivity index (χ4n) is 3.80. The first-order chi connectivity index (χ1) is 11.5. The van der Waals surface area contributed by atoms with E-state index < -0.39 is 17.4 Å². The van der Waals surface area contributed by atoms with E-state index in [1.807, 2.05) is 6.07 Å². The lowest BCUT2D eigenvalue weighted by Crippen LogP contribution is -2.44. The standard InChI is InChI=1S/C17H21NO6/c1-23-14-3-2-11(6-13(14)15(19)20)7-18-8-12-9-24-5-4-17(12,10-18)16(21)22/h2-3,6,12H,4-5,7-10H2,1H3,(H,19,20)(H,21,22)/t12-,17+/m1/s1. The number of carboxylic acids is 2. The largest absolute Gasteiger partial charge is 0.496 e. The molecule has 7 nitrogen and oxygen atoms in total. The van der Waals surface area contributed by atoms with Gasteiger partial charge in [0.1, 0.15) is 11.3 Å². The molecule has 1 aromatic carbocycles. The molecule has 2 aliphatic heterocycles. The molecule has 0 unspecified atom stereocenters. The van der Waals surface area contributed by atoms with Crippen LogP contribution in [0.5, 0.6) is 5.75 Å². The van der Waals surface area contributed by atoms with Crippen LogP contribution < -0.4 is 4.74 Å². The molecule has 0 aromatic heterocycles. The number of fused-ring (bicyclic) bond motifs is 1. The summed E-state index contributed by atoms with van der Waals surface area (Å²) in [5, 5.41) is 19.0. The van der Waals surface area contributed by atoms with Gasteiger partial charge in [0.25, 0.3) is 0 Å². The highest BCUT2D eigenvalue weighted by atomic mass is 16.5. The summed E-state index contributed by atoms with van der Waals surface area (Å²) >= 11 is 0. The Balaban J connectivity index is 1.79. The molecule has 2 saturated heterocycles. The van der Waals surface area contributed by atoms with Gasteiger partial charge in [-0.15, -0.1) is 0 Å². The average molecular weight is 335 g/mol. The van der Waals surface area contributed by atoms with Crippen LogP contribution >= 0.6 is 0 Å². The second kappa shape index (κ2) is 6.41. The quantitative estimate of drug-likeness (QED) is 0.837. The molecule has 2 N–H and O–H groups in total. The first kappa shape index (κ1) is 16.7. The smallest absolute Gasteiger partial charge is 0.339 e. The number of rotatable bonds is 5. The maximum atomic E-state index is 11.8. The zero-order chi connectivity index (χ0) is 17.3. The van der Waals surface area contributed by atoms with Crippen LogP contribution in [0.2, 0.25) is 0 Å². The molecule has 0 spiro atoms. The highest BCUT2D eigenvalue weighted by Gasteiger charge is 2.53. The molecule has 0 radical (unpaired) electrons. The zero-order valence-electron chi connectivity index (χ0n) is 13.5. The molecule has 0 amide bonds. The highest BCUT2D eigenvalue weighted by Crippen LogP contribution is 2.42. The number of carbonyl (C=O) groups is 2. The van der Waals surface area contributed by atoms with Crippen LogP contribution in [0, 0.1) is 11.3 Å². The van der Waals surface area contributed by atoms with Gasteiger partial charge >= 0.3 is 11.9 Å². The Labute approximate surface area is 139 Å². The van der Waals surface area contributed by atoms with Gasteiger partial charge < -0.3 is 19.7 Å². The third kappa shape index (κ3) is 2.85. The predicted molar refractivity (Wildman–Crippen MR) is 84.2 cm³/mol. The van der Waals surface area contributed by atoms with Crippen molar-refractivity contribution >= 4 is 11.9 Å². The molecule has 2 heterocycles. The number of likely N-dealkylation sites (tertiary alicyclic amines) is 1. The van der Waals surface area contributed by atoms with Crippen molar-refractivity contribution in [1.29, 1.82) is 0 Å². The molecule has 24 heavy (non-hydrogen) atoms. The van der Waals surface area contributed by atoms with Crippen molar-refractivity contribution in [1.82, 2.24) is 4.90 Å². The summed E-state index contributed by atoms with van der Waals surface area (Å²) in [7, 11) is 1.43. The van der Waals surface area contributed by atoms with Gasteiger partial charge in [0.2, 0.25) is 0 Å². The van der Waals surface area contributed by atoms with E-state index >= 15 is 0 Å². The van der Waals surface area contributed by atoms with Gasteiger partial charge in [-0.2, -0.15) is 0 Å². The van der Waals surface area contributed by atoms with Crippen molar-refractivity contribution in [3.8, 4) is 5.75 Å². The number of aliphatic carboxylic acids is 1. The van der Waals surface area contributed by atoms with Crippen LogP contribution in [0.3, 0.4) is 0 Å². The summed E-state index contributed by atoms with van der Waals surface area (Å²) in [6.45, 7) is 2.55. The lowest BCUT2D eigenvalue weighted by molar-refractivity contribution is -0.157. The number of carboxylic acid groups (broad SMARTS) is 2. The van der Waals surface area contributed by atoms with E-state index in [1.165, 1.54) is 7.11 Å². The van der Waals surface area contributed by atoms with E-state index in [2.05, 4.69) is 4.90 Å². The third-order valence-electron chi connectivity index (χ3n) is 5.10. The Morgan fingerprint density at radius 1 is 1.42 bits per heavy atom. The molecule has 1 aromatic rings. The van der Waals surface area contributed by atoms with Gasteiger partial charge in [0, 0.05) is 32.2 Å². The fourth-order valence-corrected chi connectivity index (χ4v) is 3.80. The Hall–Kier alpha value is -2.12. The summed E-state index contributed by atoms with van der Waals surface area (Å²) in [6, 6.07) is 5.04. The lowest BCUT2D eigenvalue weighted by Gasteiger charge is -2.34. The molecule has 130 valence electrons. The minimum atomic E-state index is -1.04. The van der Waals surface area contributed by atoms with Crippen LogP contribution in [0.25, 0.3) is 0 Å². The summed E-state index contributed by atoms with van der Waals surface area (Å²) in [5.74, 6) is -1.52. The molecule has 3 rings (SSSR count). The Bertz CT molecular complexity index is 660. The molecule has 2 fully saturated rings. The van der Waals surface area contributed by atoms with Crippen LogP contribution in [0.4, 0.5) is 0 Å². The minimum Gasteiger partial charge on any atom is -0.496 e. The second-order valence-electron chi connectivity index (χ2n) is 6.49. The number of ether oxygens (including phenoxy) is 2. The summed E-state index contributed by atoms with van der Waals surface area (Å²) in [5.41, 5.74) is 0.191. The Morgan fingerprint density at radius 3 is 2.83 bits per heavy atom.